The van der Waals surface area contributed by atoms with E-state index >= 15 is 0 Å². The number of aromatic nitrogens is 2. The van der Waals surface area contributed by atoms with Crippen LogP contribution in [-0.4, -0.2) is 36.2 Å². The molecule has 0 radical (unpaired) electrons. The molecule has 1 aliphatic heterocycles. The van der Waals surface area contributed by atoms with E-state index in [9.17, 15) is 4.79 Å². The number of hydrogen-bond donors (Lipinski definition) is 1. The van der Waals surface area contributed by atoms with Crippen LogP contribution in [0.2, 0.25) is 0 Å². The Labute approximate surface area is 180 Å². The Morgan fingerprint density at radius 3 is 2.23 bits per heavy atom. The van der Waals surface area contributed by atoms with E-state index in [-0.39, 0.29) is 10.8 Å². The van der Waals surface area contributed by atoms with Crippen LogP contribution in [0.1, 0.15) is 67.9 Å². The number of nitrogens with one attached hydrogen (secondary N) is 1. The average Bonchev–Trinajstić information content (AvgIpc) is 2.93. The van der Waals surface area contributed by atoms with Crippen LogP contribution in [0.5, 0.6) is 17.2 Å². The van der Waals surface area contributed by atoms with Gasteiger partial charge in [-0.15, -0.1) is 0 Å². The summed E-state index contributed by atoms with van der Waals surface area (Å²) < 4.78 is 18.6. The van der Waals surface area contributed by atoms with Crippen molar-refractivity contribution in [1.82, 2.24) is 9.78 Å². The predicted molar refractivity (Wildman–Crippen MR) is 120 cm³/mol. The Bertz CT molecular complexity index is 977. The zero-order valence-electron chi connectivity index (χ0n) is 18.0. The molecule has 1 saturated carbocycles. The normalized spacial score (nSPS) is 19.6. The minimum Gasteiger partial charge on any atom is -0.493 e. The third-order valence-electron chi connectivity index (χ3n) is 5.93. The quantitative estimate of drug-likeness (QED) is 0.675. The van der Waals surface area contributed by atoms with Crippen LogP contribution >= 0.6 is 11.8 Å². The molecule has 0 bridgehead atoms. The molecular formula is C22H29N3O4S. The Morgan fingerprint density at radius 1 is 1.03 bits per heavy atom. The van der Waals surface area contributed by atoms with Gasteiger partial charge in [0.1, 0.15) is 0 Å². The minimum atomic E-state index is -0.193. The molecule has 1 aliphatic carbocycles. The largest absolute Gasteiger partial charge is 0.493 e. The van der Waals surface area contributed by atoms with E-state index in [1.807, 2.05) is 23.7 Å². The van der Waals surface area contributed by atoms with Gasteiger partial charge in [0.25, 0.3) is 5.56 Å². The lowest BCUT2D eigenvalue weighted by Crippen LogP contribution is -2.14. The summed E-state index contributed by atoms with van der Waals surface area (Å²) in [5.41, 5.74) is 1.55. The van der Waals surface area contributed by atoms with Gasteiger partial charge in [-0.2, -0.15) is 0 Å². The second-order valence-corrected chi connectivity index (χ2v) is 9.08. The number of thioether (sulfide) groups is 1. The van der Waals surface area contributed by atoms with Gasteiger partial charge < -0.3 is 14.2 Å². The lowest BCUT2D eigenvalue weighted by molar-refractivity contribution is 0.324. The standard InChI is InChI=1S/C22H29N3O4S/c1-13-23-21-18(22(26)24-25(21)15-9-7-5-6-8-10-15)20(30-13)14-11-16(27-2)19(29-4)17(12-14)28-3/h11-12,15,20H,5-10H2,1-4H3,(H,24,26). The van der Waals surface area contributed by atoms with Gasteiger partial charge in [0.2, 0.25) is 5.75 Å². The predicted octanol–water partition coefficient (Wildman–Crippen LogP) is 4.98. The van der Waals surface area contributed by atoms with Gasteiger partial charge in [0.05, 0.1) is 43.2 Å². The second-order valence-electron chi connectivity index (χ2n) is 7.78. The van der Waals surface area contributed by atoms with Crippen molar-refractivity contribution >= 4 is 22.6 Å². The topological polar surface area (TPSA) is 77.8 Å². The molecule has 162 valence electrons. The second kappa shape index (κ2) is 8.79. The maximum absolute atomic E-state index is 13.1. The average molecular weight is 432 g/mol. The fraction of sp³-hybridized carbons (Fsp3) is 0.545. The van der Waals surface area contributed by atoms with Gasteiger partial charge in [-0.1, -0.05) is 37.4 Å². The monoisotopic (exact) mass is 431 g/mol. The molecule has 1 fully saturated rings. The summed E-state index contributed by atoms with van der Waals surface area (Å²) >= 11 is 1.58. The smallest absolute Gasteiger partial charge is 0.271 e. The van der Waals surface area contributed by atoms with Crippen molar-refractivity contribution in [1.29, 1.82) is 0 Å². The van der Waals surface area contributed by atoms with E-state index in [0.717, 1.165) is 29.3 Å². The van der Waals surface area contributed by atoms with E-state index in [0.29, 0.717) is 28.9 Å². The first kappa shape index (κ1) is 20.9. The van der Waals surface area contributed by atoms with Crippen molar-refractivity contribution < 1.29 is 14.2 Å². The summed E-state index contributed by atoms with van der Waals surface area (Å²) in [5.74, 6) is 2.46. The zero-order chi connectivity index (χ0) is 21.3. The van der Waals surface area contributed by atoms with Crippen LogP contribution in [0.3, 0.4) is 0 Å². The number of methoxy groups -OCH3 is 3. The molecule has 1 aromatic heterocycles. The Kier molecular flexibility index (Phi) is 6.13. The molecular weight excluding hydrogens is 402 g/mol. The van der Waals surface area contributed by atoms with Crippen molar-refractivity contribution in [3.05, 3.63) is 33.6 Å². The zero-order valence-corrected chi connectivity index (χ0v) is 18.8. The van der Waals surface area contributed by atoms with Gasteiger partial charge in [0, 0.05) is 0 Å². The highest BCUT2D eigenvalue weighted by Crippen LogP contribution is 2.48. The number of fused-ring (bicyclic) bond motifs is 1. The van der Waals surface area contributed by atoms with E-state index in [4.69, 9.17) is 19.2 Å². The molecule has 2 aliphatic rings. The number of rotatable bonds is 5. The van der Waals surface area contributed by atoms with Crippen molar-refractivity contribution in [2.75, 3.05) is 21.3 Å². The molecule has 0 amide bonds. The SMILES string of the molecule is COc1cc(C2SC(C)=Nc3c2c(=O)[nH]n3C2CCCCCC2)cc(OC)c1OC. The van der Waals surface area contributed by atoms with Gasteiger partial charge >= 0.3 is 0 Å². The third-order valence-corrected chi connectivity index (χ3v) is 7.11. The molecule has 2 aromatic rings. The summed E-state index contributed by atoms with van der Waals surface area (Å²) in [4.78, 5) is 17.9. The number of H-pyrrole nitrogens is 1. The van der Waals surface area contributed by atoms with Gasteiger partial charge in [0.15, 0.2) is 17.3 Å². The van der Waals surface area contributed by atoms with Crippen LogP contribution in [0.4, 0.5) is 5.82 Å². The Balaban J connectivity index is 1.82. The van der Waals surface area contributed by atoms with E-state index in [2.05, 4.69) is 5.10 Å². The van der Waals surface area contributed by atoms with Crippen LogP contribution < -0.4 is 19.8 Å². The summed E-state index contributed by atoms with van der Waals surface area (Å²) in [5, 5.41) is 3.85. The van der Waals surface area contributed by atoms with Gasteiger partial charge in [-0.3, -0.25) is 14.6 Å². The molecule has 7 nitrogen and oxygen atoms in total. The highest BCUT2D eigenvalue weighted by molar-refractivity contribution is 8.14. The molecule has 1 atom stereocenters. The molecule has 4 rings (SSSR count). The first-order valence-electron chi connectivity index (χ1n) is 10.4. The van der Waals surface area contributed by atoms with Crippen molar-refractivity contribution in [3.63, 3.8) is 0 Å². The van der Waals surface area contributed by atoms with Crippen molar-refractivity contribution in [3.8, 4) is 17.2 Å². The molecule has 0 spiro atoms. The Hall–Kier alpha value is -2.35. The van der Waals surface area contributed by atoms with Crippen LogP contribution in [0.25, 0.3) is 0 Å². The first-order valence-corrected chi connectivity index (χ1v) is 11.3. The molecule has 1 N–H and O–H groups in total. The number of aliphatic imine (C=N–C) groups is 1. The molecule has 2 heterocycles. The van der Waals surface area contributed by atoms with E-state index in [1.165, 1.54) is 25.7 Å². The lowest BCUT2D eigenvalue weighted by atomic mass is 10.0. The fourth-order valence-corrected chi connectivity index (χ4v) is 5.56. The van der Waals surface area contributed by atoms with Crippen molar-refractivity contribution in [2.45, 2.75) is 56.7 Å². The number of ether oxygens (including phenoxy) is 3. The van der Waals surface area contributed by atoms with Crippen LogP contribution in [0.15, 0.2) is 21.9 Å². The lowest BCUT2D eigenvalue weighted by Gasteiger charge is -2.24. The first-order chi connectivity index (χ1) is 14.6. The summed E-state index contributed by atoms with van der Waals surface area (Å²) in [6.07, 6.45) is 7.05. The summed E-state index contributed by atoms with van der Waals surface area (Å²) in [6, 6.07) is 4.14. The highest BCUT2D eigenvalue weighted by Gasteiger charge is 2.33. The van der Waals surface area contributed by atoms with Crippen LogP contribution in [-0.2, 0) is 0 Å². The summed E-state index contributed by atoms with van der Waals surface area (Å²) in [7, 11) is 4.78. The molecule has 0 saturated heterocycles. The Morgan fingerprint density at radius 2 is 1.67 bits per heavy atom. The minimum absolute atomic E-state index is 0.0725. The van der Waals surface area contributed by atoms with E-state index in [1.54, 1.807) is 33.1 Å². The molecule has 1 aromatic carbocycles. The third kappa shape index (κ3) is 3.73. The van der Waals surface area contributed by atoms with Gasteiger partial charge in [-0.25, -0.2) is 4.99 Å². The number of hydrogen-bond acceptors (Lipinski definition) is 6. The summed E-state index contributed by atoms with van der Waals surface area (Å²) in [6.45, 7) is 1.99. The van der Waals surface area contributed by atoms with Gasteiger partial charge in [-0.05, 0) is 37.5 Å². The molecule has 30 heavy (non-hydrogen) atoms. The van der Waals surface area contributed by atoms with Crippen molar-refractivity contribution in [2.24, 2.45) is 4.99 Å². The number of aromatic amines is 1. The van der Waals surface area contributed by atoms with Crippen LogP contribution in [0, 0.1) is 0 Å². The maximum atomic E-state index is 13.1. The molecule has 8 heteroatoms. The maximum Gasteiger partial charge on any atom is 0.271 e. The molecule has 1 unspecified atom stereocenters. The number of nitrogens with zero attached hydrogens (tertiary/aromatic N) is 2. The number of benzene rings is 1. The highest BCUT2D eigenvalue weighted by atomic mass is 32.2. The van der Waals surface area contributed by atoms with E-state index < -0.39 is 0 Å². The fourth-order valence-electron chi connectivity index (χ4n) is 4.48.